The van der Waals surface area contributed by atoms with Crippen molar-refractivity contribution in [3.63, 3.8) is 0 Å². The second kappa shape index (κ2) is 4.75. The van der Waals surface area contributed by atoms with Gasteiger partial charge in [0.05, 0.1) is 13.2 Å². The number of amides is 1. The van der Waals surface area contributed by atoms with Gasteiger partial charge in [-0.3, -0.25) is 4.79 Å². The summed E-state index contributed by atoms with van der Waals surface area (Å²) in [5, 5.41) is 0. The Balaban J connectivity index is 2.41. The fourth-order valence-electron chi connectivity index (χ4n) is 1.92. The Bertz CT molecular complexity index is 198. The van der Waals surface area contributed by atoms with Gasteiger partial charge in [0, 0.05) is 20.2 Å². The maximum absolute atomic E-state index is 11.3. The standard InChI is InChI=1S/C10H20N2O2/c1-10(8-14-2)3-5-12(6-4-10)9(13)7-11/h3-8,11H2,1-2H3. The van der Waals surface area contributed by atoms with Gasteiger partial charge in [-0.15, -0.1) is 0 Å². The average molecular weight is 200 g/mol. The summed E-state index contributed by atoms with van der Waals surface area (Å²) < 4.78 is 5.18. The van der Waals surface area contributed by atoms with Gasteiger partial charge < -0.3 is 15.4 Å². The quantitative estimate of drug-likeness (QED) is 0.709. The van der Waals surface area contributed by atoms with Crippen LogP contribution in [0.3, 0.4) is 0 Å². The Labute approximate surface area is 85.4 Å². The summed E-state index contributed by atoms with van der Waals surface area (Å²) >= 11 is 0. The highest BCUT2D eigenvalue weighted by atomic mass is 16.5. The molecule has 1 rings (SSSR count). The van der Waals surface area contributed by atoms with Gasteiger partial charge in [-0.25, -0.2) is 0 Å². The van der Waals surface area contributed by atoms with Crippen LogP contribution in [0.1, 0.15) is 19.8 Å². The molecule has 0 radical (unpaired) electrons. The van der Waals surface area contributed by atoms with Crippen LogP contribution in [-0.4, -0.2) is 44.2 Å². The summed E-state index contributed by atoms with van der Waals surface area (Å²) in [6.45, 7) is 4.74. The van der Waals surface area contributed by atoms with Crippen LogP contribution in [-0.2, 0) is 9.53 Å². The Morgan fingerprint density at radius 1 is 1.50 bits per heavy atom. The third kappa shape index (κ3) is 2.69. The van der Waals surface area contributed by atoms with Gasteiger partial charge in [0.15, 0.2) is 0 Å². The predicted molar refractivity (Wildman–Crippen MR) is 54.9 cm³/mol. The molecular formula is C10H20N2O2. The van der Waals surface area contributed by atoms with Crippen molar-refractivity contribution in [2.75, 3.05) is 33.4 Å². The number of nitrogens with two attached hydrogens (primary N) is 1. The lowest BCUT2D eigenvalue weighted by Gasteiger charge is -2.38. The van der Waals surface area contributed by atoms with Crippen LogP contribution in [0.2, 0.25) is 0 Å². The SMILES string of the molecule is COCC1(C)CCN(C(=O)CN)CC1. The fourth-order valence-corrected chi connectivity index (χ4v) is 1.92. The molecule has 0 aromatic carbocycles. The summed E-state index contributed by atoms with van der Waals surface area (Å²) in [6.07, 6.45) is 2.01. The van der Waals surface area contributed by atoms with Gasteiger partial charge in [0.25, 0.3) is 0 Å². The van der Waals surface area contributed by atoms with Gasteiger partial charge in [0.2, 0.25) is 5.91 Å². The highest BCUT2D eigenvalue weighted by Crippen LogP contribution is 2.30. The van der Waals surface area contributed by atoms with E-state index in [-0.39, 0.29) is 17.9 Å². The Morgan fingerprint density at radius 3 is 2.50 bits per heavy atom. The van der Waals surface area contributed by atoms with Gasteiger partial charge in [-0.05, 0) is 18.3 Å². The van der Waals surface area contributed by atoms with E-state index < -0.39 is 0 Å². The summed E-state index contributed by atoms with van der Waals surface area (Å²) in [5.41, 5.74) is 5.55. The number of rotatable bonds is 3. The number of carbonyl (C=O) groups is 1. The van der Waals surface area contributed by atoms with Crippen molar-refractivity contribution in [1.82, 2.24) is 4.90 Å². The molecule has 14 heavy (non-hydrogen) atoms. The van der Waals surface area contributed by atoms with Gasteiger partial charge >= 0.3 is 0 Å². The number of piperidine rings is 1. The van der Waals surface area contributed by atoms with Crippen LogP contribution in [0, 0.1) is 5.41 Å². The number of hydrogen-bond donors (Lipinski definition) is 1. The lowest BCUT2D eigenvalue weighted by Crippen LogP contribution is -2.45. The van der Waals surface area contributed by atoms with Crippen molar-refractivity contribution in [3.05, 3.63) is 0 Å². The van der Waals surface area contributed by atoms with Crippen molar-refractivity contribution in [2.24, 2.45) is 11.1 Å². The molecule has 0 spiro atoms. The normalized spacial score (nSPS) is 20.9. The summed E-state index contributed by atoms with van der Waals surface area (Å²) in [7, 11) is 1.72. The van der Waals surface area contributed by atoms with Crippen molar-refractivity contribution in [2.45, 2.75) is 19.8 Å². The molecule has 4 heteroatoms. The van der Waals surface area contributed by atoms with Gasteiger partial charge in [-0.1, -0.05) is 6.92 Å². The third-order valence-electron chi connectivity index (χ3n) is 2.99. The number of carbonyl (C=O) groups excluding carboxylic acids is 1. The first kappa shape index (κ1) is 11.5. The van der Waals surface area contributed by atoms with Crippen molar-refractivity contribution >= 4 is 5.91 Å². The van der Waals surface area contributed by atoms with E-state index >= 15 is 0 Å². The number of hydrogen-bond acceptors (Lipinski definition) is 3. The molecule has 1 heterocycles. The van der Waals surface area contributed by atoms with Crippen LogP contribution in [0.25, 0.3) is 0 Å². The van der Waals surface area contributed by atoms with E-state index in [2.05, 4.69) is 6.92 Å². The Hall–Kier alpha value is -0.610. The molecule has 1 amide bonds. The minimum absolute atomic E-state index is 0.0597. The molecule has 82 valence electrons. The molecule has 0 unspecified atom stereocenters. The third-order valence-corrected chi connectivity index (χ3v) is 2.99. The molecule has 4 nitrogen and oxygen atoms in total. The Morgan fingerprint density at radius 2 is 2.07 bits per heavy atom. The minimum atomic E-state index is 0.0597. The van der Waals surface area contributed by atoms with Crippen LogP contribution < -0.4 is 5.73 Å². The second-order valence-corrected chi connectivity index (χ2v) is 4.33. The Kier molecular flexibility index (Phi) is 3.89. The number of ether oxygens (including phenoxy) is 1. The zero-order chi connectivity index (χ0) is 10.6. The van der Waals surface area contributed by atoms with E-state index in [0.29, 0.717) is 0 Å². The summed E-state index contributed by atoms with van der Waals surface area (Å²) in [6, 6.07) is 0. The van der Waals surface area contributed by atoms with E-state index in [1.165, 1.54) is 0 Å². The average Bonchev–Trinajstić information content (AvgIpc) is 2.18. The lowest BCUT2D eigenvalue weighted by molar-refractivity contribution is -0.132. The minimum Gasteiger partial charge on any atom is -0.384 e. The summed E-state index contributed by atoms with van der Waals surface area (Å²) in [4.78, 5) is 13.2. The molecule has 0 aromatic heterocycles. The molecule has 1 saturated heterocycles. The van der Waals surface area contributed by atoms with E-state index in [1.54, 1.807) is 7.11 Å². The zero-order valence-corrected chi connectivity index (χ0v) is 9.08. The van der Waals surface area contributed by atoms with E-state index in [0.717, 1.165) is 32.5 Å². The number of likely N-dealkylation sites (tertiary alicyclic amines) is 1. The monoisotopic (exact) mass is 200 g/mol. The van der Waals surface area contributed by atoms with Crippen LogP contribution in [0.15, 0.2) is 0 Å². The molecule has 1 aliphatic rings. The number of methoxy groups -OCH3 is 1. The van der Waals surface area contributed by atoms with Gasteiger partial charge in [-0.2, -0.15) is 0 Å². The highest BCUT2D eigenvalue weighted by Gasteiger charge is 2.31. The van der Waals surface area contributed by atoms with Crippen molar-refractivity contribution < 1.29 is 9.53 Å². The van der Waals surface area contributed by atoms with Crippen LogP contribution in [0.5, 0.6) is 0 Å². The molecule has 0 bridgehead atoms. The van der Waals surface area contributed by atoms with Crippen LogP contribution >= 0.6 is 0 Å². The van der Waals surface area contributed by atoms with E-state index in [9.17, 15) is 4.79 Å². The highest BCUT2D eigenvalue weighted by molar-refractivity contribution is 5.78. The molecule has 1 aliphatic heterocycles. The first-order chi connectivity index (χ1) is 6.61. The van der Waals surface area contributed by atoms with Crippen molar-refractivity contribution in [1.29, 1.82) is 0 Å². The first-order valence-electron chi connectivity index (χ1n) is 5.08. The molecule has 2 N–H and O–H groups in total. The van der Waals surface area contributed by atoms with E-state index in [4.69, 9.17) is 10.5 Å². The topological polar surface area (TPSA) is 55.6 Å². The molecule has 0 saturated carbocycles. The predicted octanol–water partition coefficient (Wildman–Crippen LogP) is 0.220. The largest absolute Gasteiger partial charge is 0.384 e. The maximum Gasteiger partial charge on any atom is 0.236 e. The molecule has 0 atom stereocenters. The van der Waals surface area contributed by atoms with Crippen molar-refractivity contribution in [3.8, 4) is 0 Å². The van der Waals surface area contributed by atoms with Crippen LogP contribution in [0.4, 0.5) is 0 Å². The molecule has 1 fully saturated rings. The zero-order valence-electron chi connectivity index (χ0n) is 9.08. The molecule has 0 aromatic rings. The molecule has 0 aliphatic carbocycles. The number of nitrogens with zero attached hydrogens (tertiary/aromatic N) is 1. The molecular weight excluding hydrogens is 180 g/mol. The van der Waals surface area contributed by atoms with Gasteiger partial charge in [0.1, 0.15) is 0 Å². The smallest absolute Gasteiger partial charge is 0.236 e. The maximum atomic E-state index is 11.3. The first-order valence-corrected chi connectivity index (χ1v) is 5.08. The van der Waals surface area contributed by atoms with E-state index in [1.807, 2.05) is 4.90 Å². The fraction of sp³-hybridized carbons (Fsp3) is 0.900. The lowest BCUT2D eigenvalue weighted by atomic mass is 9.81. The summed E-state index contributed by atoms with van der Waals surface area (Å²) in [5.74, 6) is 0.0597. The second-order valence-electron chi connectivity index (χ2n) is 4.33.